The number of nitrogens with zero attached hydrogens (tertiary/aromatic N) is 1. The van der Waals surface area contributed by atoms with Gasteiger partial charge in [-0.25, -0.2) is 0 Å². The van der Waals surface area contributed by atoms with Crippen molar-refractivity contribution >= 4 is 28.8 Å². The van der Waals surface area contributed by atoms with Crippen LogP contribution < -0.4 is 14.8 Å². The molecule has 1 aliphatic rings. The number of fused-ring (bicyclic) bond motifs is 1. The molecule has 0 spiro atoms. The Morgan fingerprint density at radius 1 is 1.35 bits per heavy atom. The van der Waals surface area contributed by atoms with Crippen molar-refractivity contribution < 1.29 is 14.3 Å². The Labute approximate surface area is 162 Å². The van der Waals surface area contributed by atoms with E-state index in [0.717, 1.165) is 15.0 Å². The number of carbonyl (C=O) groups is 1. The molecule has 26 heavy (non-hydrogen) atoms. The fraction of sp³-hybridized carbons (Fsp3) is 0.316. The molecule has 1 aliphatic heterocycles. The molecule has 0 saturated carbocycles. The summed E-state index contributed by atoms with van der Waals surface area (Å²) in [6, 6.07) is 11.4. The van der Waals surface area contributed by atoms with Gasteiger partial charge in [-0.3, -0.25) is 9.69 Å². The molecule has 1 amide bonds. The van der Waals surface area contributed by atoms with E-state index in [0.29, 0.717) is 32.0 Å². The number of nitrogens with one attached hydrogen (secondary N) is 1. The van der Waals surface area contributed by atoms with E-state index in [1.807, 2.05) is 41.3 Å². The van der Waals surface area contributed by atoms with Crippen molar-refractivity contribution in [1.29, 1.82) is 0 Å². The number of hydrogen-bond acceptors (Lipinski definition) is 5. The minimum Gasteiger partial charge on any atom is -0.486 e. The van der Waals surface area contributed by atoms with Crippen molar-refractivity contribution in [3.63, 3.8) is 0 Å². The average molecular weight is 393 g/mol. The van der Waals surface area contributed by atoms with Crippen molar-refractivity contribution in [2.24, 2.45) is 0 Å². The molecule has 0 aliphatic carbocycles. The number of rotatable bonds is 8. The molecule has 0 saturated heterocycles. The summed E-state index contributed by atoms with van der Waals surface area (Å²) >= 11 is 7.49. The maximum atomic E-state index is 12.3. The fourth-order valence-electron chi connectivity index (χ4n) is 2.68. The quantitative estimate of drug-likeness (QED) is 0.700. The SMILES string of the molecule is C=CCN(CC(=O)NCC1COc2ccccc2O1)Cc1ccc(Cl)s1. The van der Waals surface area contributed by atoms with Crippen LogP contribution in [0.5, 0.6) is 11.5 Å². The van der Waals surface area contributed by atoms with E-state index in [-0.39, 0.29) is 18.6 Å². The zero-order chi connectivity index (χ0) is 18.4. The second kappa shape index (κ2) is 9.07. The van der Waals surface area contributed by atoms with Crippen LogP contribution in [0.4, 0.5) is 0 Å². The second-order valence-electron chi connectivity index (χ2n) is 5.97. The first-order valence-electron chi connectivity index (χ1n) is 8.36. The normalized spacial score (nSPS) is 15.7. The van der Waals surface area contributed by atoms with Gasteiger partial charge in [0, 0.05) is 18.0 Å². The lowest BCUT2D eigenvalue weighted by atomic mass is 10.2. The van der Waals surface area contributed by atoms with Crippen LogP contribution in [0, 0.1) is 0 Å². The summed E-state index contributed by atoms with van der Waals surface area (Å²) in [6.07, 6.45) is 1.59. The Morgan fingerprint density at radius 3 is 2.88 bits per heavy atom. The standard InChI is InChI=1S/C19H21ClN2O3S/c1-2-9-22(11-15-7-8-18(20)26-15)12-19(23)21-10-14-13-24-16-5-3-4-6-17(16)25-14/h2-8,14H,1,9-13H2,(H,21,23). The summed E-state index contributed by atoms with van der Waals surface area (Å²) in [7, 11) is 0. The minimum absolute atomic E-state index is 0.0584. The van der Waals surface area contributed by atoms with Crippen molar-refractivity contribution in [3.05, 3.63) is 58.3 Å². The van der Waals surface area contributed by atoms with Crippen LogP contribution in [0.25, 0.3) is 0 Å². The third-order valence-electron chi connectivity index (χ3n) is 3.86. The molecule has 0 bridgehead atoms. The van der Waals surface area contributed by atoms with Gasteiger partial charge in [0.15, 0.2) is 11.5 Å². The molecular formula is C19H21ClN2O3S. The Bertz CT molecular complexity index is 765. The lowest BCUT2D eigenvalue weighted by Gasteiger charge is -2.27. The molecular weight excluding hydrogens is 372 g/mol. The highest BCUT2D eigenvalue weighted by molar-refractivity contribution is 7.16. The van der Waals surface area contributed by atoms with E-state index in [2.05, 4.69) is 11.9 Å². The van der Waals surface area contributed by atoms with Gasteiger partial charge in [-0.1, -0.05) is 29.8 Å². The first-order chi connectivity index (χ1) is 12.6. The van der Waals surface area contributed by atoms with Crippen molar-refractivity contribution in [2.75, 3.05) is 26.2 Å². The third-order valence-corrected chi connectivity index (χ3v) is 5.07. The summed E-state index contributed by atoms with van der Waals surface area (Å²) in [5.41, 5.74) is 0. The molecule has 2 heterocycles. The summed E-state index contributed by atoms with van der Waals surface area (Å²) in [5.74, 6) is 1.39. The highest BCUT2D eigenvalue weighted by Gasteiger charge is 2.21. The molecule has 1 unspecified atom stereocenters. The number of thiophene rings is 1. The van der Waals surface area contributed by atoms with Crippen LogP contribution in [0.3, 0.4) is 0 Å². The van der Waals surface area contributed by atoms with Crippen LogP contribution in [0.15, 0.2) is 49.1 Å². The third kappa shape index (κ3) is 5.24. The van der Waals surface area contributed by atoms with E-state index >= 15 is 0 Å². The largest absolute Gasteiger partial charge is 0.486 e. The molecule has 1 atom stereocenters. The van der Waals surface area contributed by atoms with Gasteiger partial charge in [0.05, 0.1) is 17.4 Å². The summed E-state index contributed by atoms with van der Waals surface area (Å²) in [5, 5.41) is 2.92. The highest BCUT2D eigenvalue weighted by Crippen LogP contribution is 2.30. The predicted octanol–water partition coefficient (Wildman–Crippen LogP) is 3.35. The molecule has 1 aromatic carbocycles. The number of ether oxygens (including phenoxy) is 2. The smallest absolute Gasteiger partial charge is 0.234 e. The summed E-state index contributed by atoms with van der Waals surface area (Å²) in [4.78, 5) is 15.4. The van der Waals surface area contributed by atoms with Gasteiger partial charge in [-0.2, -0.15) is 0 Å². The zero-order valence-corrected chi connectivity index (χ0v) is 15.9. The monoisotopic (exact) mass is 392 g/mol. The number of hydrogen-bond donors (Lipinski definition) is 1. The highest BCUT2D eigenvalue weighted by atomic mass is 35.5. The van der Waals surface area contributed by atoms with Crippen LogP contribution in [-0.4, -0.2) is 43.2 Å². The van der Waals surface area contributed by atoms with Crippen LogP contribution in [-0.2, 0) is 11.3 Å². The molecule has 138 valence electrons. The van der Waals surface area contributed by atoms with Crippen molar-refractivity contribution in [1.82, 2.24) is 10.2 Å². The van der Waals surface area contributed by atoms with Gasteiger partial charge in [-0.05, 0) is 24.3 Å². The number of halogens is 1. The Hall–Kier alpha value is -2.02. The van der Waals surface area contributed by atoms with E-state index < -0.39 is 0 Å². The molecule has 0 fully saturated rings. The number of para-hydroxylation sites is 2. The van der Waals surface area contributed by atoms with E-state index in [9.17, 15) is 4.79 Å². The average Bonchev–Trinajstić information content (AvgIpc) is 3.05. The first-order valence-corrected chi connectivity index (χ1v) is 9.56. The fourth-order valence-corrected chi connectivity index (χ4v) is 3.81. The lowest BCUT2D eigenvalue weighted by Crippen LogP contribution is -2.44. The second-order valence-corrected chi connectivity index (χ2v) is 7.77. The maximum absolute atomic E-state index is 12.3. The van der Waals surface area contributed by atoms with Gasteiger partial charge >= 0.3 is 0 Å². The van der Waals surface area contributed by atoms with Crippen LogP contribution in [0.2, 0.25) is 4.34 Å². The minimum atomic E-state index is -0.196. The molecule has 1 N–H and O–H groups in total. The molecule has 7 heteroatoms. The van der Waals surface area contributed by atoms with Gasteiger partial charge in [0.1, 0.15) is 12.7 Å². The van der Waals surface area contributed by atoms with E-state index in [1.165, 1.54) is 11.3 Å². The zero-order valence-electron chi connectivity index (χ0n) is 14.3. The lowest BCUT2D eigenvalue weighted by molar-refractivity contribution is -0.122. The molecule has 5 nitrogen and oxygen atoms in total. The number of benzene rings is 1. The molecule has 0 radical (unpaired) electrons. The van der Waals surface area contributed by atoms with Crippen LogP contribution >= 0.6 is 22.9 Å². The Balaban J connectivity index is 1.47. The Kier molecular flexibility index (Phi) is 6.55. The van der Waals surface area contributed by atoms with Crippen molar-refractivity contribution in [3.8, 4) is 11.5 Å². The molecule has 3 rings (SSSR count). The number of amides is 1. The maximum Gasteiger partial charge on any atom is 0.234 e. The molecule has 1 aromatic heterocycles. The van der Waals surface area contributed by atoms with E-state index in [4.69, 9.17) is 21.1 Å². The summed E-state index contributed by atoms with van der Waals surface area (Å²) in [6.45, 7) is 6.15. The topological polar surface area (TPSA) is 50.8 Å². The van der Waals surface area contributed by atoms with Gasteiger partial charge < -0.3 is 14.8 Å². The summed E-state index contributed by atoms with van der Waals surface area (Å²) < 4.78 is 12.3. The van der Waals surface area contributed by atoms with Crippen LogP contribution in [0.1, 0.15) is 4.88 Å². The van der Waals surface area contributed by atoms with Crippen molar-refractivity contribution in [2.45, 2.75) is 12.6 Å². The van der Waals surface area contributed by atoms with E-state index in [1.54, 1.807) is 6.08 Å². The van der Waals surface area contributed by atoms with Gasteiger partial charge in [0.2, 0.25) is 5.91 Å². The molecule has 2 aromatic rings. The Morgan fingerprint density at radius 2 is 2.15 bits per heavy atom. The first kappa shape index (κ1) is 18.8. The number of carbonyl (C=O) groups excluding carboxylic acids is 1. The van der Waals surface area contributed by atoms with Gasteiger partial charge in [-0.15, -0.1) is 17.9 Å². The predicted molar refractivity (Wildman–Crippen MR) is 104 cm³/mol. The van der Waals surface area contributed by atoms with Gasteiger partial charge in [0.25, 0.3) is 0 Å².